The standard InChI is InChI=1S/C21H36O3Si/c1-18(12-15-24-25(5,6)21(2,3)4)16-20(22)13-14-23-17-19-10-8-7-9-11-19/h7-12,20,22H,13-17H2,1-6H3/b18-12+/t20-/m1/s1. The minimum absolute atomic E-state index is 0.227. The lowest BCUT2D eigenvalue weighted by Crippen LogP contribution is -2.40. The molecule has 1 aromatic carbocycles. The van der Waals surface area contributed by atoms with E-state index in [0.717, 1.165) is 5.56 Å². The first-order valence-corrected chi connectivity index (χ1v) is 12.1. The molecule has 1 aromatic rings. The van der Waals surface area contributed by atoms with E-state index >= 15 is 0 Å². The maximum Gasteiger partial charge on any atom is 0.192 e. The Bertz CT molecular complexity index is 518. The summed E-state index contributed by atoms with van der Waals surface area (Å²) in [5.74, 6) is 0. The smallest absolute Gasteiger partial charge is 0.192 e. The third-order valence-corrected chi connectivity index (χ3v) is 9.45. The van der Waals surface area contributed by atoms with E-state index < -0.39 is 8.32 Å². The zero-order valence-electron chi connectivity index (χ0n) is 16.8. The minimum Gasteiger partial charge on any atom is -0.413 e. The molecule has 0 fully saturated rings. The van der Waals surface area contributed by atoms with Crippen molar-refractivity contribution >= 4 is 8.32 Å². The molecule has 3 nitrogen and oxygen atoms in total. The highest BCUT2D eigenvalue weighted by Gasteiger charge is 2.36. The molecule has 1 atom stereocenters. The van der Waals surface area contributed by atoms with Gasteiger partial charge in [-0.15, -0.1) is 0 Å². The van der Waals surface area contributed by atoms with E-state index in [-0.39, 0.29) is 11.1 Å². The van der Waals surface area contributed by atoms with E-state index in [9.17, 15) is 5.11 Å². The molecule has 0 saturated heterocycles. The van der Waals surface area contributed by atoms with Crippen molar-refractivity contribution in [2.45, 2.75) is 71.4 Å². The van der Waals surface area contributed by atoms with Crippen molar-refractivity contribution in [3.63, 3.8) is 0 Å². The number of ether oxygens (including phenoxy) is 1. The largest absolute Gasteiger partial charge is 0.413 e. The van der Waals surface area contributed by atoms with E-state index in [1.165, 1.54) is 5.57 Å². The zero-order chi connectivity index (χ0) is 18.9. The van der Waals surface area contributed by atoms with Crippen molar-refractivity contribution in [2.75, 3.05) is 13.2 Å². The summed E-state index contributed by atoms with van der Waals surface area (Å²) in [5.41, 5.74) is 2.34. The molecule has 1 rings (SSSR count). The van der Waals surface area contributed by atoms with Crippen molar-refractivity contribution < 1.29 is 14.3 Å². The molecule has 0 aliphatic rings. The van der Waals surface area contributed by atoms with Crippen LogP contribution in [0.4, 0.5) is 0 Å². The van der Waals surface area contributed by atoms with Gasteiger partial charge in [0.05, 0.1) is 19.3 Å². The third-order valence-electron chi connectivity index (χ3n) is 4.95. The van der Waals surface area contributed by atoms with Crippen LogP contribution in [0.25, 0.3) is 0 Å². The summed E-state index contributed by atoms with van der Waals surface area (Å²) in [7, 11) is -1.70. The van der Waals surface area contributed by atoms with Gasteiger partial charge in [0.2, 0.25) is 0 Å². The number of benzene rings is 1. The Labute approximate surface area is 155 Å². The molecule has 4 heteroatoms. The van der Waals surface area contributed by atoms with Crippen LogP contribution in [0.15, 0.2) is 42.0 Å². The Balaban J connectivity index is 2.23. The summed E-state index contributed by atoms with van der Waals surface area (Å²) in [6, 6.07) is 10.1. The molecule has 0 spiro atoms. The number of hydrogen-bond acceptors (Lipinski definition) is 3. The first kappa shape index (κ1) is 22.1. The van der Waals surface area contributed by atoms with Crippen LogP contribution in [0.5, 0.6) is 0 Å². The highest BCUT2D eigenvalue weighted by atomic mass is 28.4. The maximum atomic E-state index is 10.2. The van der Waals surface area contributed by atoms with Crippen LogP contribution in [-0.2, 0) is 15.8 Å². The van der Waals surface area contributed by atoms with Gasteiger partial charge in [-0.2, -0.15) is 0 Å². The highest BCUT2D eigenvalue weighted by Crippen LogP contribution is 2.36. The molecule has 25 heavy (non-hydrogen) atoms. The molecule has 0 heterocycles. The van der Waals surface area contributed by atoms with Gasteiger partial charge in [0, 0.05) is 6.61 Å². The molecule has 0 amide bonds. The van der Waals surface area contributed by atoms with Crippen molar-refractivity contribution in [2.24, 2.45) is 0 Å². The molecule has 1 N–H and O–H groups in total. The second-order valence-electron chi connectivity index (χ2n) is 8.31. The maximum absolute atomic E-state index is 10.2. The topological polar surface area (TPSA) is 38.7 Å². The van der Waals surface area contributed by atoms with E-state index in [2.05, 4.69) is 46.9 Å². The number of aliphatic hydroxyl groups is 1. The van der Waals surface area contributed by atoms with Gasteiger partial charge in [-0.25, -0.2) is 0 Å². The van der Waals surface area contributed by atoms with Crippen molar-refractivity contribution in [3.05, 3.63) is 47.5 Å². The molecule has 142 valence electrons. The second kappa shape index (κ2) is 10.3. The molecule has 0 radical (unpaired) electrons. The molecule has 0 bridgehead atoms. The summed E-state index contributed by atoms with van der Waals surface area (Å²) in [5, 5.41) is 10.4. The Morgan fingerprint density at radius 3 is 2.44 bits per heavy atom. The van der Waals surface area contributed by atoms with Gasteiger partial charge in [-0.3, -0.25) is 0 Å². The fraction of sp³-hybridized carbons (Fsp3) is 0.619. The van der Waals surface area contributed by atoms with Gasteiger partial charge in [0.25, 0.3) is 0 Å². The molecule has 0 unspecified atom stereocenters. The summed E-state index contributed by atoms with van der Waals surface area (Å²) < 4.78 is 11.8. The predicted octanol–water partition coefficient (Wildman–Crippen LogP) is 5.31. The first-order chi connectivity index (χ1) is 11.6. The monoisotopic (exact) mass is 364 g/mol. The Hall–Kier alpha value is -0.943. The lowest BCUT2D eigenvalue weighted by Gasteiger charge is -2.35. The first-order valence-electron chi connectivity index (χ1n) is 9.21. The lowest BCUT2D eigenvalue weighted by molar-refractivity contribution is 0.0735. The molecular formula is C21H36O3Si. The van der Waals surface area contributed by atoms with Crippen molar-refractivity contribution in [1.29, 1.82) is 0 Å². The zero-order valence-corrected chi connectivity index (χ0v) is 17.8. The molecule has 0 aliphatic carbocycles. The van der Waals surface area contributed by atoms with E-state index in [1.807, 2.05) is 30.3 Å². The van der Waals surface area contributed by atoms with Gasteiger partial charge in [-0.1, -0.05) is 62.8 Å². The normalized spacial score (nSPS) is 14.6. The Kier molecular flexibility index (Phi) is 9.07. The summed E-state index contributed by atoms with van der Waals surface area (Å²) in [6.07, 6.45) is 3.07. The average Bonchev–Trinajstić information content (AvgIpc) is 2.51. The quantitative estimate of drug-likeness (QED) is 0.347. The van der Waals surface area contributed by atoms with Gasteiger partial charge in [0.15, 0.2) is 8.32 Å². The van der Waals surface area contributed by atoms with Crippen LogP contribution >= 0.6 is 0 Å². The SMILES string of the molecule is C/C(=C\CO[Si](C)(C)C(C)(C)C)C[C@H](O)CCOCc1ccccc1. The number of rotatable bonds is 10. The summed E-state index contributed by atoms with van der Waals surface area (Å²) in [4.78, 5) is 0. The molecule has 0 aromatic heterocycles. The average molecular weight is 365 g/mol. The van der Waals surface area contributed by atoms with Crippen molar-refractivity contribution in [1.82, 2.24) is 0 Å². The van der Waals surface area contributed by atoms with Crippen LogP contribution in [-0.4, -0.2) is 32.7 Å². The van der Waals surface area contributed by atoms with Gasteiger partial charge >= 0.3 is 0 Å². The van der Waals surface area contributed by atoms with Crippen LogP contribution < -0.4 is 0 Å². The third kappa shape index (κ3) is 8.81. The molecule has 0 saturated carbocycles. The van der Waals surface area contributed by atoms with E-state index in [1.54, 1.807) is 0 Å². The van der Waals surface area contributed by atoms with Gasteiger partial charge in [-0.05, 0) is 43.5 Å². The number of hydrogen-bond donors (Lipinski definition) is 1. The van der Waals surface area contributed by atoms with E-state index in [4.69, 9.17) is 9.16 Å². The summed E-state index contributed by atoms with van der Waals surface area (Å²) in [6.45, 7) is 15.1. The second-order valence-corrected chi connectivity index (χ2v) is 13.1. The van der Waals surface area contributed by atoms with Crippen LogP contribution in [0.3, 0.4) is 0 Å². The lowest BCUT2D eigenvalue weighted by atomic mass is 10.1. The van der Waals surface area contributed by atoms with Crippen LogP contribution in [0, 0.1) is 0 Å². The Morgan fingerprint density at radius 1 is 1.20 bits per heavy atom. The predicted molar refractivity (Wildman–Crippen MR) is 108 cm³/mol. The molecule has 0 aliphatic heterocycles. The van der Waals surface area contributed by atoms with Gasteiger partial charge in [0.1, 0.15) is 0 Å². The highest BCUT2D eigenvalue weighted by molar-refractivity contribution is 6.74. The number of aliphatic hydroxyl groups excluding tert-OH is 1. The summed E-state index contributed by atoms with van der Waals surface area (Å²) >= 11 is 0. The van der Waals surface area contributed by atoms with E-state index in [0.29, 0.717) is 32.7 Å². The molecular weight excluding hydrogens is 328 g/mol. The van der Waals surface area contributed by atoms with Crippen LogP contribution in [0.2, 0.25) is 18.1 Å². The Morgan fingerprint density at radius 2 is 1.84 bits per heavy atom. The van der Waals surface area contributed by atoms with Crippen molar-refractivity contribution in [3.8, 4) is 0 Å². The van der Waals surface area contributed by atoms with Gasteiger partial charge < -0.3 is 14.3 Å². The fourth-order valence-corrected chi connectivity index (χ4v) is 3.08. The fourth-order valence-electron chi connectivity index (χ4n) is 2.15. The van der Waals surface area contributed by atoms with Crippen LogP contribution in [0.1, 0.15) is 46.1 Å². The minimum atomic E-state index is -1.70.